The molecule has 0 radical (unpaired) electrons. The highest BCUT2D eigenvalue weighted by molar-refractivity contribution is 5.94. The number of rotatable bonds is 5. The van der Waals surface area contributed by atoms with E-state index in [9.17, 15) is 4.79 Å². The molecule has 6 heteroatoms. The Bertz CT molecular complexity index is 769. The molecule has 0 aromatic carbocycles. The molecule has 3 fully saturated rings. The molecule has 6 nitrogen and oxygen atoms in total. The fourth-order valence-corrected chi connectivity index (χ4v) is 6.72. The van der Waals surface area contributed by atoms with Crippen LogP contribution in [0.25, 0.3) is 0 Å². The molecule has 0 bridgehead atoms. The largest absolute Gasteiger partial charge is 0.337 e. The van der Waals surface area contributed by atoms with Gasteiger partial charge in [-0.25, -0.2) is 0 Å². The maximum Gasteiger partial charge on any atom is 0.274 e. The number of hydrogen-bond acceptors (Lipinski definition) is 4. The Morgan fingerprint density at radius 3 is 2.42 bits per heavy atom. The first kappa shape index (κ1) is 21.4. The number of carbonyl (C=O) groups excluding carboxylic acids is 1. The molecule has 2 saturated heterocycles. The monoisotopic (exact) mass is 427 g/mol. The van der Waals surface area contributed by atoms with Gasteiger partial charge in [-0.1, -0.05) is 25.7 Å². The second kappa shape index (κ2) is 9.22. The molecule has 31 heavy (non-hydrogen) atoms. The van der Waals surface area contributed by atoms with E-state index in [1.54, 1.807) is 0 Å². The third-order valence-electron chi connectivity index (χ3n) is 8.58. The van der Waals surface area contributed by atoms with Crippen molar-refractivity contribution in [3.63, 3.8) is 0 Å². The summed E-state index contributed by atoms with van der Waals surface area (Å²) in [6.07, 6.45) is 16.4. The molecule has 172 valence electrons. The van der Waals surface area contributed by atoms with Crippen molar-refractivity contribution in [2.24, 2.45) is 7.05 Å². The number of fused-ring (bicyclic) bond motifs is 1. The summed E-state index contributed by atoms with van der Waals surface area (Å²) < 4.78 is 1.98. The van der Waals surface area contributed by atoms with E-state index in [0.29, 0.717) is 11.6 Å². The molecule has 1 atom stereocenters. The number of nitrogens with one attached hydrogen (secondary N) is 1. The second-order valence-corrected chi connectivity index (χ2v) is 10.6. The van der Waals surface area contributed by atoms with Gasteiger partial charge in [-0.15, -0.1) is 0 Å². The molecule has 3 heterocycles. The number of hydrogen-bond donors (Lipinski definition) is 1. The maximum absolute atomic E-state index is 13.1. The summed E-state index contributed by atoms with van der Waals surface area (Å²) in [6.45, 7) is 5.47. The van der Waals surface area contributed by atoms with E-state index in [1.165, 1.54) is 75.7 Å². The lowest BCUT2D eigenvalue weighted by Crippen LogP contribution is -2.59. The molecule has 1 N–H and O–H groups in total. The Balaban J connectivity index is 1.28. The summed E-state index contributed by atoms with van der Waals surface area (Å²) in [5.41, 5.74) is 3.60. The third kappa shape index (κ3) is 4.30. The van der Waals surface area contributed by atoms with Gasteiger partial charge in [-0.3, -0.25) is 14.4 Å². The lowest BCUT2D eigenvalue weighted by Gasteiger charge is -2.49. The van der Waals surface area contributed by atoms with Gasteiger partial charge in [0.05, 0.1) is 0 Å². The van der Waals surface area contributed by atoms with E-state index in [1.807, 2.05) is 16.6 Å². The van der Waals surface area contributed by atoms with Gasteiger partial charge in [0.25, 0.3) is 5.91 Å². The van der Waals surface area contributed by atoms with Crippen molar-refractivity contribution in [3.05, 3.63) is 17.0 Å². The van der Waals surface area contributed by atoms with Crippen LogP contribution < -0.4 is 5.32 Å². The Hall–Kier alpha value is -1.40. The number of carbonyl (C=O) groups is 1. The van der Waals surface area contributed by atoms with Gasteiger partial charge in [0.1, 0.15) is 0 Å². The zero-order chi connectivity index (χ0) is 21.3. The lowest BCUT2D eigenvalue weighted by molar-refractivity contribution is 0.0310. The molecule has 5 rings (SSSR count). The quantitative estimate of drug-likeness (QED) is 0.783. The normalized spacial score (nSPS) is 26.7. The molecule has 1 aromatic heterocycles. The minimum absolute atomic E-state index is 0.159. The van der Waals surface area contributed by atoms with Crippen LogP contribution in [0.3, 0.4) is 0 Å². The molecular formula is C25H41N5O. The second-order valence-electron chi connectivity index (χ2n) is 10.6. The van der Waals surface area contributed by atoms with Crippen LogP contribution in [-0.2, 0) is 19.9 Å². The van der Waals surface area contributed by atoms with Crippen LogP contribution in [0.4, 0.5) is 0 Å². The molecule has 2 aliphatic carbocycles. The minimum Gasteiger partial charge on any atom is -0.337 e. The molecule has 2 aliphatic heterocycles. The van der Waals surface area contributed by atoms with Crippen LogP contribution >= 0.6 is 0 Å². The fraction of sp³-hybridized carbons (Fsp3) is 0.840. The van der Waals surface area contributed by atoms with E-state index in [0.717, 1.165) is 57.4 Å². The lowest BCUT2D eigenvalue weighted by atomic mass is 9.78. The molecule has 1 amide bonds. The predicted molar refractivity (Wildman–Crippen MR) is 123 cm³/mol. The Kier molecular flexibility index (Phi) is 6.38. The molecular weight excluding hydrogens is 386 g/mol. The van der Waals surface area contributed by atoms with Crippen molar-refractivity contribution in [2.75, 3.05) is 32.7 Å². The Morgan fingerprint density at radius 2 is 1.68 bits per heavy atom. The topological polar surface area (TPSA) is 53.4 Å². The number of likely N-dealkylation sites (tertiary alicyclic amines) is 2. The van der Waals surface area contributed by atoms with Gasteiger partial charge in [0, 0.05) is 49.5 Å². The zero-order valence-electron chi connectivity index (χ0n) is 19.5. The van der Waals surface area contributed by atoms with Crippen LogP contribution in [0.2, 0.25) is 0 Å². The Morgan fingerprint density at radius 1 is 1.00 bits per heavy atom. The van der Waals surface area contributed by atoms with Crippen molar-refractivity contribution in [2.45, 2.75) is 95.1 Å². The van der Waals surface area contributed by atoms with E-state index < -0.39 is 0 Å². The first-order valence-electron chi connectivity index (χ1n) is 13.0. The van der Waals surface area contributed by atoms with E-state index in [-0.39, 0.29) is 5.91 Å². The van der Waals surface area contributed by atoms with Crippen molar-refractivity contribution in [1.29, 1.82) is 0 Å². The van der Waals surface area contributed by atoms with Crippen LogP contribution in [0.15, 0.2) is 0 Å². The van der Waals surface area contributed by atoms with Gasteiger partial charge in [0.15, 0.2) is 5.69 Å². The number of aryl methyl sites for hydroxylation is 1. The molecule has 1 aromatic rings. The molecule has 1 saturated carbocycles. The maximum atomic E-state index is 13.1. The number of aromatic nitrogens is 2. The van der Waals surface area contributed by atoms with Crippen LogP contribution in [0.5, 0.6) is 0 Å². The third-order valence-corrected chi connectivity index (χ3v) is 8.58. The standard InChI is InChI=1S/C25H41N5O/c1-28-22-11-10-20(18-21(22)23(27-28)24(31)29-14-8-9-15-29)26-19-25(12-4-2-5-13-25)30-16-6-3-7-17-30/h20,26H,2-19H2,1H3/t20-/m0/s1. The Labute approximate surface area is 187 Å². The summed E-state index contributed by atoms with van der Waals surface area (Å²) in [4.78, 5) is 18.0. The van der Waals surface area contributed by atoms with Gasteiger partial charge >= 0.3 is 0 Å². The highest BCUT2D eigenvalue weighted by Gasteiger charge is 2.39. The highest BCUT2D eigenvalue weighted by Crippen LogP contribution is 2.36. The van der Waals surface area contributed by atoms with Crippen molar-refractivity contribution in [3.8, 4) is 0 Å². The molecule has 0 spiro atoms. The van der Waals surface area contributed by atoms with Gasteiger partial charge in [-0.05, 0) is 70.9 Å². The van der Waals surface area contributed by atoms with Gasteiger partial charge < -0.3 is 10.2 Å². The summed E-state index contributed by atoms with van der Waals surface area (Å²) in [5, 5.41) is 8.71. The summed E-state index contributed by atoms with van der Waals surface area (Å²) in [7, 11) is 2.01. The highest BCUT2D eigenvalue weighted by atomic mass is 16.2. The van der Waals surface area contributed by atoms with Crippen molar-refractivity contribution in [1.82, 2.24) is 24.9 Å². The minimum atomic E-state index is 0.159. The SMILES string of the molecule is Cn1nc(C(=O)N2CCCC2)c2c1CC[C@H](NCC1(N3CCCCC3)CCCCC1)C2. The fourth-order valence-electron chi connectivity index (χ4n) is 6.72. The average molecular weight is 428 g/mol. The first-order valence-corrected chi connectivity index (χ1v) is 13.0. The predicted octanol–water partition coefficient (Wildman–Crippen LogP) is 3.29. The number of amides is 1. The molecule has 0 unspecified atom stereocenters. The van der Waals surface area contributed by atoms with Crippen molar-refractivity contribution < 1.29 is 4.79 Å². The molecule has 4 aliphatic rings. The van der Waals surface area contributed by atoms with Crippen LogP contribution in [-0.4, -0.2) is 69.8 Å². The smallest absolute Gasteiger partial charge is 0.274 e. The summed E-state index contributed by atoms with van der Waals surface area (Å²) >= 11 is 0. The van der Waals surface area contributed by atoms with Crippen LogP contribution in [0.1, 0.15) is 92.4 Å². The van der Waals surface area contributed by atoms with Crippen LogP contribution in [0, 0.1) is 0 Å². The van der Waals surface area contributed by atoms with E-state index in [4.69, 9.17) is 5.10 Å². The summed E-state index contributed by atoms with van der Waals surface area (Å²) in [5.74, 6) is 0.159. The zero-order valence-corrected chi connectivity index (χ0v) is 19.5. The number of nitrogens with zero attached hydrogens (tertiary/aromatic N) is 4. The van der Waals surface area contributed by atoms with Gasteiger partial charge in [0.2, 0.25) is 0 Å². The average Bonchev–Trinajstić information content (AvgIpc) is 3.47. The van der Waals surface area contributed by atoms with E-state index >= 15 is 0 Å². The van der Waals surface area contributed by atoms with E-state index in [2.05, 4.69) is 10.2 Å². The van der Waals surface area contributed by atoms with Gasteiger partial charge in [-0.2, -0.15) is 5.10 Å². The first-order chi connectivity index (χ1) is 15.2. The summed E-state index contributed by atoms with van der Waals surface area (Å²) in [6, 6.07) is 0.463. The number of piperidine rings is 1. The van der Waals surface area contributed by atoms with Crippen molar-refractivity contribution >= 4 is 5.91 Å².